The van der Waals surface area contributed by atoms with Crippen LogP contribution in [0.25, 0.3) is 65.3 Å². The summed E-state index contributed by atoms with van der Waals surface area (Å²) < 4.78 is 0. The molecule has 0 aliphatic rings. The highest BCUT2D eigenvalue weighted by Crippen LogP contribution is 2.43. The lowest BCUT2D eigenvalue weighted by atomic mass is 9.92. The fourth-order valence-corrected chi connectivity index (χ4v) is 8.75. The van der Waals surface area contributed by atoms with E-state index in [4.69, 9.17) is 0 Å². The molecule has 2 heteroatoms. The van der Waals surface area contributed by atoms with Gasteiger partial charge in [-0.25, -0.2) is 0 Å². The molecule has 60 heavy (non-hydrogen) atoms. The summed E-state index contributed by atoms with van der Waals surface area (Å²) in [6.07, 6.45) is 0. The van der Waals surface area contributed by atoms with Crippen LogP contribution >= 0.6 is 0 Å². The number of anilines is 6. The number of hydrogen-bond donors (Lipinski definition) is 0. The monoisotopic (exact) mass is 764 g/mol. The van der Waals surface area contributed by atoms with Gasteiger partial charge in [0.15, 0.2) is 0 Å². The molecule has 0 heterocycles. The lowest BCUT2D eigenvalue weighted by Gasteiger charge is -2.29. The maximum absolute atomic E-state index is 2.38. The van der Waals surface area contributed by atoms with Crippen molar-refractivity contribution in [2.24, 2.45) is 0 Å². The van der Waals surface area contributed by atoms with Crippen LogP contribution in [0.3, 0.4) is 0 Å². The quantitative estimate of drug-likeness (QED) is 0.152. The number of rotatable bonds is 8. The second kappa shape index (κ2) is 15.1. The largest absolute Gasteiger partial charge is 0.310 e. The van der Waals surface area contributed by atoms with Gasteiger partial charge in [0, 0.05) is 34.1 Å². The summed E-state index contributed by atoms with van der Waals surface area (Å²) >= 11 is 0. The molecule has 0 spiro atoms. The third-order valence-electron chi connectivity index (χ3n) is 11.7. The van der Waals surface area contributed by atoms with E-state index in [1.165, 1.54) is 65.3 Å². The first-order valence-corrected chi connectivity index (χ1v) is 20.6. The van der Waals surface area contributed by atoms with E-state index in [1.807, 2.05) is 0 Å². The van der Waals surface area contributed by atoms with Crippen LogP contribution in [0.2, 0.25) is 0 Å². The molecule has 0 saturated carbocycles. The van der Waals surface area contributed by atoms with E-state index in [0.29, 0.717) is 0 Å². The van der Waals surface area contributed by atoms with Crippen molar-refractivity contribution in [3.63, 3.8) is 0 Å². The zero-order chi connectivity index (χ0) is 39.8. The highest BCUT2D eigenvalue weighted by Gasteiger charge is 2.19. The molecular weight excluding hydrogens is 725 g/mol. The fourth-order valence-electron chi connectivity index (χ4n) is 8.75. The molecule has 0 aliphatic heterocycles. The Labute approximate surface area is 350 Å². The van der Waals surface area contributed by atoms with Crippen LogP contribution < -0.4 is 9.80 Å². The van der Waals surface area contributed by atoms with Gasteiger partial charge in [0.25, 0.3) is 0 Å². The third kappa shape index (κ3) is 6.61. The Hall–Kier alpha value is -7.94. The molecule has 2 nitrogen and oxygen atoms in total. The summed E-state index contributed by atoms with van der Waals surface area (Å²) in [6.45, 7) is 0. The van der Waals surface area contributed by atoms with Crippen molar-refractivity contribution in [1.29, 1.82) is 0 Å². The molecule has 0 saturated heterocycles. The standard InChI is InChI=1S/C58H40N2/c1-2-20-51(21-3-1)59(55-33-29-42-14-5-8-17-46(42)37-55)53-22-12-23-54(40-53)60(56-34-30-43-15-6-9-18-47(43)38-56)52-31-27-44(28-32-52)50-36-48-19-10-11-24-57(48)58(39-50)49-26-25-41-13-4-7-16-45(41)35-49/h1-40H. The summed E-state index contributed by atoms with van der Waals surface area (Å²) in [4.78, 5) is 4.73. The highest BCUT2D eigenvalue weighted by atomic mass is 15.2. The molecule has 0 unspecified atom stereocenters. The van der Waals surface area contributed by atoms with Crippen LogP contribution in [-0.4, -0.2) is 0 Å². The molecule has 0 N–H and O–H groups in total. The molecule has 282 valence electrons. The Kier molecular flexibility index (Phi) is 8.87. The lowest BCUT2D eigenvalue weighted by molar-refractivity contribution is 1.25. The highest BCUT2D eigenvalue weighted by molar-refractivity contribution is 6.02. The van der Waals surface area contributed by atoms with E-state index in [1.54, 1.807) is 0 Å². The Balaban J connectivity index is 1.03. The van der Waals surface area contributed by atoms with Gasteiger partial charge in [0.1, 0.15) is 0 Å². The van der Waals surface area contributed by atoms with Gasteiger partial charge in [-0.2, -0.15) is 0 Å². The molecule has 11 aromatic rings. The van der Waals surface area contributed by atoms with Gasteiger partial charge in [-0.05, 0) is 150 Å². The van der Waals surface area contributed by atoms with E-state index in [0.717, 1.165) is 34.1 Å². The first-order chi connectivity index (χ1) is 29.7. The van der Waals surface area contributed by atoms with Crippen LogP contribution in [0.15, 0.2) is 243 Å². The summed E-state index contributed by atoms with van der Waals surface area (Å²) in [5.41, 5.74) is 11.4. The normalized spacial score (nSPS) is 11.3. The Morgan fingerprint density at radius 1 is 0.200 bits per heavy atom. The molecule has 0 aromatic heterocycles. The van der Waals surface area contributed by atoms with Crippen molar-refractivity contribution >= 4 is 77.2 Å². The van der Waals surface area contributed by atoms with Crippen LogP contribution in [0.5, 0.6) is 0 Å². The van der Waals surface area contributed by atoms with E-state index >= 15 is 0 Å². The minimum Gasteiger partial charge on any atom is -0.310 e. The SMILES string of the molecule is c1ccc(N(c2cccc(N(c3ccc(-c4cc(-c5ccc6ccccc6c5)c5ccccc5c4)cc3)c3ccc4ccccc4c3)c2)c2ccc3ccccc3c2)cc1. The Morgan fingerprint density at radius 2 is 0.600 bits per heavy atom. The van der Waals surface area contributed by atoms with Gasteiger partial charge in [0.2, 0.25) is 0 Å². The van der Waals surface area contributed by atoms with Gasteiger partial charge < -0.3 is 9.80 Å². The maximum Gasteiger partial charge on any atom is 0.0482 e. The minimum absolute atomic E-state index is 1.07. The number of fused-ring (bicyclic) bond motifs is 4. The van der Waals surface area contributed by atoms with Crippen LogP contribution in [0.1, 0.15) is 0 Å². The summed E-state index contributed by atoms with van der Waals surface area (Å²) in [5, 5.41) is 9.83. The molecule has 0 radical (unpaired) electrons. The number of nitrogens with zero attached hydrogens (tertiary/aromatic N) is 2. The van der Waals surface area contributed by atoms with E-state index < -0.39 is 0 Å². The van der Waals surface area contributed by atoms with Gasteiger partial charge in [-0.15, -0.1) is 0 Å². The Bertz CT molecular complexity index is 3330. The maximum atomic E-state index is 2.38. The predicted octanol–water partition coefficient (Wildman–Crippen LogP) is 16.6. The fraction of sp³-hybridized carbons (Fsp3) is 0. The molecule has 0 atom stereocenters. The van der Waals surface area contributed by atoms with E-state index in [-0.39, 0.29) is 0 Å². The average Bonchev–Trinajstić information content (AvgIpc) is 3.32. The smallest absolute Gasteiger partial charge is 0.0482 e. The third-order valence-corrected chi connectivity index (χ3v) is 11.7. The molecule has 0 amide bonds. The zero-order valence-corrected chi connectivity index (χ0v) is 33.0. The van der Waals surface area contributed by atoms with Gasteiger partial charge in [0.05, 0.1) is 0 Å². The topological polar surface area (TPSA) is 6.48 Å². The first-order valence-electron chi connectivity index (χ1n) is 20.6. The molecular formula is C58H40N2. The van der Waals surface area contributed by atoms with E-state index in [9.17, 15) is 0 Å². The predicted molar refractivity (Wildman–Crippen MR) is 257 cm³/mol. The van der Waals surface area contributed by atoms with Gasteiger partial charge >= 0.3 is 0 Å². The molecule has 0 bridgehead atoms. The van der Waals surface area contributed by atoms with Crippen molar-refractivity contribution in [3.05, 3.63) is 243 Å². The summed E-state index contributed by atoms with van der Waals surface area (Å²) in [6, 6.07) is 88.1. The van der Waals surface area contributed by atoms with Crippen molar-refractivity contribution < 1.29 is 0 Å². The van der Waals surface area contributed by atoms with Crippen LogP contribution in [-0.2, 0) is 0 Å². The first kappa shape index (κ1) is 35.2. The summed E-state index contributed by atoms with van der Waals surface area (Å²) in [7, 11) is 0. The number of hydrogen-bond acceptors (Lipinski definition) is 2. The van der Waals surface area contributed by atoms with Crippen molar-refractivity contribution in [1.82, 2.24) is 0 Å². The van der Waals surface area contributed by atoms with Gasteiger partial charge in [-0.1, -0.05) is 158 Å². The second-order valence-corrected chi connectivity index (χ2v) is 15.4. The van der Waals surface area contributed by atoms with Crippen LogP contribution in [0, 0.1) is 0 Å². The zero-order valence-electron chi connectivity index (χ0n) is 33.0. The summed E-state index contributed by atoms with van der Waals surface area (Å²) in [5.74, 6) is 0. The number of benzene rings is 11. The van der Waals surface area contributed by atoms with E-state index in [2.05, 4.69) is 252 Å². The van der Waals surface area contributed by atoms with Crippen molar-refractivity contribution in [3.8, 4) is 22.3 Å². The lowest BCUT2D eigenvalue weighted by Crippen LogP contribution is -2.13. The van der Waals surface area contributed by atoms with Crippen molar-refractivity contribution in [2.45, 2.75) is 0 Å². The average molecular weight is 765 g/mol. The van der Waals surface area contributed by atoms with Gasteiger partial charge in [-0.3, -0.25) is 0 Å². The number of para-hydroxylation sites is 1. The van der Waals surface area contributed by atoms with Crippen LogP contribution in [0.4, 0.5) is 34.1 Å². The molecule has 11 rings (SSSR count). The second-order valence-electron chi connectivity index (χ2n) is 15.4. The van der Waals surface area contributed by atoms with Crippen molar-refractivity contribution in [2.75, 3.05) is 9.80 Å². The molecule has 11 aromatic carbocycles. The minimum atomic E-state index is 1.07. The molecule has 0 fully saturated rings. The molecule has 0 aliphatic carbocycles. The Morgan fingerprint density at radius 3 is 1.20 bits per heavy atom.